The van der Waals surface area contributed by atoms with Crippen LogP contribution in [0.5, 0.6) is 0 Å². The minimum Gasteiger partial charge on any atom is -0.310 e. The lowest BCUT2D eigenvalue weighted by Gasteiger charge is -2.05. The monoisotopic (exact) mass is 270 g/mol. The Morgan fingerprint density at radius 2 is 1.95 bits per heavy atom. The van der Waals surface area contributed by atoms with E-state index in [0.29, 0.717) is 0 Å². The molecule has 1 saturated carbocycles. The molecule has 0 aliphatic heterocycles. The summed E-state index contributed by atoms with van der Waals surface area (Å²) >= 11 is 1.84. The van der Waals surface area contributed by atoms with Gasteiger partial charge in [-0.05, 0) is 42.7 Å². The second-order valence-electron chi connectivity index (χ2n) is 4.91. The Morgan fingerprint density at radius 1 is 1.11 bits per heavy atom. The summed E-state index contributed by atoms with van der Waals surface area (Å²) in [5, 5.41) is 3.53. The van der Waals surface area contributed by atoms with Crippen molar-refractivity contribution in [3.05, 3.63) is 59.9 Å². The van der Waals surface area contributed by atoms with E-state index in [9.17, 15) is 0 Å². The second-order valence-corrected chi connectivity index (χ2v) is 5.96. The fraction of sp³-hybridized carbons (Fsp3) is 0.312. The number of rotatable bonds is 6. The number of hydrogen-bond acceptors (Lipinski definition) is 3. The highest BCUT2D eigenvalue weighted by molar-refractivity contribution is 7.98. The molecule has 1 aliphatic carbocycles. The quantitative estimate of drug-likeness (QED) is 0.811. The van der Waals surface area contributed by atoms with Crippen LogP contribution in [-0.4, -0.2) is 11.0 Å². The molecule has 0 radical (unpaired) electrons. The van der Waals surface area contributed by atoms with Crippen LogP contribution in [0.2, 0.25) is 0 Å². The minimum absolute atomic E-state index is 0.776. The van der Waals surface area contributed by atoms with E-state index in [1.54, 1.807) is 0 Å². The van der Waals surface area contributed by atoms with Crippen molar-refractivity contribution in [3.63, 3.8) is 0 Å². The molecule has 98 valence electrons. The molecule has 1 fully saturated rings. The summed E-state index contributed by atoms with van der Waals surface area (Å²) in [6, 6.07) is 15.7. The molecular formula is C16H18N2S. The highest BCUT2D eigenvalue weighted by Gasteiger charge is 2.19. The summed E-state index contributed by atoms with van der Waals surface area (Å²) in [5.41, 5.74) is 2.50. The predicted octanol–water partition coefficient (Wildman–Crippen LogP) is 3.63. The molecular weight excluding hydrogens is 252 g/mol. The molecule has 3 heteroatoms. The van der Waals surface area contributed by atoms with Crippen LogP contribution in [-0.2, 0) is 12.3 Å². The number of benzene rings is 1. The maximum absolute atomic E-state index is 4.34. The molecule has 1 aliphatic rings. The van der Waals surface area contributed by atoms with Gasteiger partial charge in [0.15, 0.2) is 0 Å². The van der Waals surface area contributed by atoms with Crippen LogP contribution in [0.3, 0.4) is 0 Å². The first-order valence-corrected chi connectivity index (χ1v) is 7.74. The molecule has 1 aromatic carbocycles. The number of aromatic nitrogens is 1. The Bertz CT molecular complexity index is 506. The van der Waals surface area contributed by atoms with Gasteiger partial charge in [-0.3, -0.25) is 4.98 Å². The molecule has 2 nitrogen and oxygen atoms in total. The summed E-state index contributed by atoms with van der Waals surface area (Å²) in [5.74, 6) is 0.931. The zero-order valence-corrected chi connectivity index (χ0v) is 11.7. The molecule has 1 heterocycles. The highest BCUT2D eigenvalue weighted by Crippen LogP contribution is 2.23. The number of thioether (sulfide) groups is 1. The first kappa shape index (κ1) is 12.7. The molecule has 1 N–H and O–H groups in total. The molecule has 0 saturated heterocycles. The summed E-state index contributed by atoms with van der Waals surface area (Å²) in [7, 11) is 0. The molecule has 0 amide bonds. The van der Waals surface area contributed by atoms with Gasteiger partial charge in [0.1, 0.15) is 0 Å². The number of pyridine rings is 1. The predicted molar refractivity (Wildman–Crippen MR) is 80.1 cm³/mol. The van der Waals surface area contributed by atoms with E-state index in [0.717, 1.165) is 24.0 Å². The lowest BCUT2D eigenvalue weighted by atomic mass is 10.2. The lowest BCUT2D eigenvalue weighted by molar-refractivity contribution is 0.687. The molecule has 2 aromatic rings. The summed E-state index contributed by atoms with van der Waals surface area (Å²) in [6.07, 6.45) is 4.54. The SMILES string of the molecule is c1ccc(CSc2ccc(CNC3CC3)cc2)nc1. The van der Waals surface area contributed by atoms with Gasteiger partial charge in [-0.25, -0.2) is 0 Å². The molecule has 3 rings (SSSR count). The van der Waals surface area contributed by atoms with Crippen LogP contribution in [0.25, 0.3) is 0 Å². The molecule has 1 aromatic heterocycles. The molecule has 0 atom stereocenters. The topological polar surface area (TPSA) is 24.9 Å². The van der Waals surface area contributed by atoms with Gasteiger partial charge in [0, 0.05) is 29.4 Å². The molecule has 19 heavy (non-hydrogen) atoms. The van der Waals surface area contributed by atoms with Crippen molar-refractivity contribution in [2.75, 3.05) is 0 Å². The van der Waals surface area contributed by atoms with Crippen LogP contribution in [0, 0.1) is 0 Å². The average molecular weight is 270 g/mol. The number of hydrogen-bond donors (Lipinski definition) is 1. The maximum Gasteiger partial charge on any atom is 0.0506 e. The Morgan fingerprint density at radius 3 is 2.63 bits per heavy atom. The standard InChI is InChI=1S/C16H18N2S/c1-2-10-17-15(3-1)12-19-16-8-4-13(5-9-16)11-18-14-6-7-14/h1-5,8-10,14,18H,6-7,11-12H2. The Labute approximate surface area is 118 Å². The van der Waals surface area contributed by atoms with Crippen LogP contribution in [0.1, 0.15) is 24.1 Å². The van der Waals surface area contributed by atoms with Gasteiger partial charge in [0.25, 0.3) is 0 Å². The average Bonchev–Trinajstić information content (AvgIpc) is 3.29. The van der Waals surface area contributed by atoms with Gasteiger partial charge in [-0.15, -0.1) is 11.8 Å². The number of nitrogens with zero attached hydrogens (tertiary/aromatic N) is 1. The van der Waals surface area contributed by atoms with Gasteiger partial charge in [0.2, 0.25) is 0 Å². The van der Waals surface area contributed by atoms with E-state index in [2.05, 4.69) is 40.6 Å². The van der Waals surface area contributed by atoms with Crippen molar-refractivity contribution in [2.45, 2.75) is 36.1 Å². The largest absolute Gasteiger partial charge is 0.310 e. The van der Waals surface area contributed by atoms with E-state index in [4.69, 9.17) is 0 Å². The van der Waals surface area contributed by atoms with Crippen LogP contribution >= 0.6 is 11.8 Å². The Hall–Kier alpha value is -1.32. The number of nitrogens with one attached hydrogen (secondary N) is 1. The molecule has 0 unspecified atom stereocenters. The molecule has 0 spiro atoms. The van der Waals surface area contributed by atoms with E-state index in [-0.39, 0.29) is 0 Å². The van der Waals surface area contributed by atoms with Gasteiger partial charge in [-0.2, -0.15) is 0 Å². The zero-order chi connectivity index (χ0) is 12.9. The third kappa shape index (κ3) is 4.08. The van der Waals surface area contributed by atoms with Gasteiger partial charge in [0.05, 0.1) is 5.69 Å². The lowest BCUT2D eigenvalue weighted by Crippen LogP contribution is -2.14. The van der Waals surface area contributed by atoms with E-state index >= 15 is 0 Å². The normalized spacial score (nSPS) is 14.5. The van der Waals surface area contributed by atoms with Crippen LogP contribution in [0.4, 0.5) is 0 Å². The maximum atomic E-state index is 4.34. The van der Waals surface area contributed by atoms with Crippen molar-refractivity contribution in [1.29, 1.82) is 0 Å². The fourth-order valence-electron chi connectivity index (χ4n) is 1.89. The van der Waals surface area contributed by atoms with Gasteiger partial charge < -0.3 is 5.32 Å². The van der Waals surface area contributed by atoms with Crippen molar-refractivity contribution in [3.8, 4) is 0 Å². The summed E-state index contributed by atoms with van der Waals surface area (Å²) in [6.45, 7) is 0.996. The van der Waals surface area contributed by atoms with Crippen LogP contribution in [0.15, 0.2) is 53.6 Å². The van der Waals surface area contributed by atoms with E-state index < -0.39 is 0 Å². The Kier molecular flexibility index (Phi) is 4.16. The minimum atomic E-state index is 0.776. The first-order chi connectivity index (χ1) is 9.40. The third-order valence-corrected chi connectivity index (χ3v) is 4.25. The van der Waals surface area contributed by atoms with Crippen molar-refractivity contribution in [1.82, 2.24) is 10.3 Å². The van der Waals surface area contributed by atoms with Gasteiger partial charge >= 0.3 is 0 Å². The molecule has 0 bridgehead atoms. The Balaban J connectivity index is 1.50. The van der Waals surface area contributed by atoms with Crippen molar-refractivity contribution >= 4 is 11.8 Å². The van der Waals surface area contributed by atoms with Crippen molar-refractivity contribution in [2.24, 2.45) is 0 Å². The smallest absolute Gasteiger partial charge is 0.0506 e. The van der Waals surface area contributed by atoms with Crippen LogP contribution < -0.4 is 5.32 Å². The van der Waals surface area contributed by atoms with Gasteiger partial charge in [-0.1, -0.05) is 18.2 Å². The fourth-order valence-corrected chi connectivity index (χ4v) is 2.71. The zero-order valence-electron chi connectivity index (χ0n) is 10.9. The second kappa shape index (κ2) is 6.22. The summed E-state index contributed by atoms with van der Waals surface area (Å²) < 4.78 is 0. The van der Waals surface area contributed by atoms with Crippen molar-refractivity contribution < 1.29 is 0 Å². The van der Waals surface area contributed by atoms with E-state index in [1.807, 2.05) is 30.1 Å². The highest BCUT2D eigenvalue weighted by atomic mass is 32.2. The third-order valence-electron chi connectivity index (χ3n) is 3.21. The first-order valence-electron chi connectivity index (χ1n) is 6.75. The summed E-state index contributed by atoms with van der Waals surface area (Å²) in [4.78, 5) is 5.64. The van der Waals surface area contributed by atoms with E-state index in [1.165, 1.54) is 23.3 Å².